The van der Waals surface area contributed by atoms with E-state index in [2.05, 4.69) is 67.3 Å². The van der Waals surface area contributed by atoms with Crippen LogP contribution in [0.15, 0.2) is 29.1 Å². The number of likely N-dealkylation sites (tertiary alicyclic amines) is 1. The van der Waals surface area contributed by atoms with Crippen molar-refractivity contribution in [2.24, 2.45) is 0 Å². The minimum absolute atomic E-state index is 0.0100. The zero-order valence-electron chi connectivity index (χ0n) is 20.1. The van der Waals surface area contributed by atoms with Crippen LogP contribution in [0.25, 0.3) is 11.2 Å². The summed E-state index contributed by atoms with van der Waals surface area (Å²) in [7, 11) is 0. The molecule has 8 nitrogen and oxygen atoms in total. The number of rotatable bonds is 6. The van der Waals surface area contributed by atoms with Crippen molar-refractivity contribution in [1.29, 1.82) is 0 Å². The molecule has 0 saturated carbocycles. The molecule has 4 rings (SSSR count). The number of unbranched alkanes of at least 4 members (excludes halogenated alkanes) is 1. The molecule has 1 aliphatic rings. The topological polar surface area (TPSA) is 96.8 Å². The molecular formula is C25H34N6O2. The molecule has 0 aliphatic carbocycles. The molecule has 176 valence electrons. The fraction of sp³-hybridized carbons (Fsp3) is 0.560. The Balaban J connectivity index is 1.57. The first-order chi connectivity index (χ1) is 15.8. The maximum absolute atomic E-state index is 12.7. The zero-order chi connectivity index (χ0) is 23.6. The van der Waals surface area contributed by atoms with Gasteiger partial charge in [0, 0.05) is 25.4 Å². The number of aromatic amines is 1. The van der Waals surface area contributed by atoms with Gasteiger partial charge in [0.2, 0.25) is 5.91 Å². The molecule has 8 heteroatoms. The van der Waals surface area contributed by atoms with Crippen LogP contribution in [0.3, 0.4) is 0 Å². The third-order valence-electron chi connectivity index (χ3n) is 6.45. The second-order valence-corrected chi connectivity index (χ2v) is 10.1. The molecule has 1 N–H and O–H groups in total. The monoisotopic (exact) mass is 450 g/mol. The standard InChI is InChI=1S/C25H34N6O2/c1-5-6-9-20(32)30-14-7-8-18(16-30)22-26-23-21(24(33)27-22)28-29-31(23)15-17-10-12-19(13-11-17)25(2,3)4/h10-13,18H,5-9,14-16H2,1-4H3,(H,26,27,33)/t18-/m0/s1. The lowest BCUT2D eigenvalue weighted by Crippen LogP contribution is -2.39. The first-order valence-corrected chi connectivity index (χ1v) is 12.0. The molecule has 3 heterocycles. The highest BCUT2D eigenvalue weighted by Crippen LogP contribution is 2.26. The van der Waals surface area contributed by atoms with Gasteiger partial charge in [0.05, 0.1) is 6.54 Å². The first kappa shape index (κ1) is 23.1. The van der Waals surface area contributed by atoms with Gasteiger partial charge in [0.15, 0.2) is 11.2 Å². The van der Waals surface area contributed by atoms with Crippen molar-refractivity contribution in [3.05, 3.63) is 51.6 Å². The van der Waals surface area contributed by atoms with Gasteiger partial charge in [-0.25, -0.2) is 9.67 Å². The number of carbonyl (C=O) groups is 1. The fourth-order valence-electron chi connectivity index (χ4n) is 4.38. The first-order valence-electron chi connectivity index (χ1n) is 12.0. The zero-order valence-corrected chi connectivity index (χ0v) is 20.1. The van der Waals surface area contributed by atoms with Crippen LogP contribution in [-0.4, -0.2) is 48.9 Å². The van der Waals surface area contributed by atoms with E-state index in [-0.39, 0.29) is 28.3 Å². The Bertz CT molecular complexity index is 1170. The van der Waals surface area contributed by atoms with Crippen LogP contribution >= 0.6 is 0 Å². The highest BCUT2D eigenvalue weighted by molar-refractivity contribution is 5.76. The summed E-state index contributed by atoms with van der Waals surface area (Å²) in [6.07, 6.45) is 4.29. The maximum Gasteiger partial charge on any atom is 0.281 e. The van der Waals surface area contributed by atoms with Crippen molar-refractivity contribution in [3.63, 3.8) is 0 Å². The van der Waals surface area contributed by atoms with E-state index in [1.165, 1.54) is 5.56 Å². The van der Waals surface area contributed by atoms with E-state index in [9.17, 15) is 9.59 Å². The van der Waals surface area contributed by atoms with Gasteiger partial charge >= 0.3 is 0 Å². The Labute approximate surface area is 194 Å². The molecule has 0 unspecified atom stereocenters. The van der Waals surface area contributed by atoms with Crippen molar-refractivity contribution in [2.45, 2.75) is 77.7 Å². The Morgan fingerprint density at radius 3 is 2.67 bits per heavy atom. The minimum atomic E-state index is -0.279. The third kappa shape index (κ3) is 5.15. The molecular weight excluding hydrogens is 416 g/mol. The van der Waals surface area contributed by atoms with Gasteiger partial charge in [0.1, 0.15) is 5.82 Å². The predicted octanol–water partition coefficient (Wildman–Crippen LogP) is 3.76. The summed E-state index contributed by atoms with van der Waals surface area (Å²) in [5, 5.41) is 8.28. The largest absolute Gasteiger partial charge is 0.342 e. The van der Waals surface area contributed by atoms with Crippen LogP contribution in [-0.2, 0) is 16.8 Å². The second kappa shape index (κ2) is 9.45. The number of aromatic nitrogens is 5. The molecule has 0 bridgehead atoms. The number of benzene rings is 1. The normalized spacial score (nSPS) is 17.0. The van der Waals surface area contributed by atoms with Gasteiger partial charge in [-0.3, -0.25) is 9.59 Å². The summed E-state index contributed by atoms with van der Waals surface area (Å²) in [5.74, 6) is 0.818. The molecule has 0 spiro atoms. The smallest absolute Gasteiger partial charge is 0.281 e. The van der Waals surface area contributed by atoms with Gasteiger partial charge in [0.25, 0.3) is 5.56 Å². The van der Waals surface area contributed by atoms with Crippen LogP contribution in [0.5, 0.6) is 0 Å². The molecule has 3 aromatic rings. The Kier molecular flexibility index (Phi) is 6.63. The van der Waals surface area contributed by atoms with E-state index in [1.54, 1.807) is 4.68 Å². The van der Waals surface area contributed by atoms with Crippen LogP contribution in [0.2, 0.25) is 0 Å². The number of carbonyl (C=O) groups excluding carboxylic acids is 1. The minimum Gasteiger partial charge on any atom is -0.342 e. The number of hydrogen-bond donors (Lipinski definition) is 1. The van der Waals surface area contributed by atoms with Gasteiger partial charge in [-0.15, -0.1) is 5.10 Å². The van der Waals surface area contributed by atoms with Crippen LogP contribution < -0.4 is 5.56 Å². The number of hydrogen-bond acceptors (Lipinski definition) is 5. The number of fused-ring (bicyclic) bond motifs is 1. The summed E-state index contributed by atoms with van der Waals surface area (Å²) in [4.78, 5) is 34.8. The highest BCUT2D eigenvalue weighted by Gasteiger charge is 2.27. The second-order valence-electron chi connectivity index (χ2n) is 10.1. The third-order valence-corrected chi connectivity index (χ3v) is 6.45. The molecule has 1 aromatic carbocycles. The van der Waals surface area contributed by atoms with E-state index < -0.39 is 0 Å². The average Bonchev–Trinajstić information content (AvgIpc) is 3.20. The molecule has 33 heavy (non-hydrogen) atoms. The lowest BCUT2D eigenvalue weighted by atomic mass is 9.87. The molecule has 1 saturated heterocycles. The molecule has 1 atom stereocenters. The lowest BCUT2D eigenvalue weighted by molar-refractivity contribution is -0.132. The summed E-state index contributed by atoms with van der Waals surface area (Å²) >= 11 is 0. The lowest BCUT2D eigenvalue weighted by Gasteiger charge is -2.32. The van der Waals surface area contributed by atoms with E-state index >= 15 is 0 Å². The van der Waals surface area contributed by atoms with Crippen molar-refractivity contribution >= 4 is 17.1 Å². The van der Waals surface area contributed by atoms with Gasteiger partial charge < -0.3 is 9.88 Å². The average molecular weight is 451 g/mol. The van der Waals surface area contributed by atoms with E-state index in [4.69, 9.17) is 4.98 Å². The SMILES string of the molecule is CCCCC(=O)N1CCC[C@H](c2nc3c(nnn3Cc3ccc(C(C)(C)C)cc3)c(=O)[nH]2)C1. The number of nitrogens with zero attached hydrogens (tertiary/aromatic N) is 5. The van der Waals surface area contributed by atoms with Crippen LogP contribution in [0.4, 0.5) is 0 Å². The van der Waals surface area contributed by atoms with Gasteiger partial charge in [-0.05, 0) is 35.8 Å². The summed E-state index contributed by atoms with van der Waals surface area (Å²) in [6.45, 7) is 10.5. The van der Waals surface area contributed by atoms with E-state index in [1.807, 2.05) is 4.90 Å². The van der Waals surface area contributed by atoms with Gasteiger partial charge in [-0.2, -0.15) is 0 Å². The number of H-pyrrole nitrogens is 1. The quantitative estimate of drug-likeness (QED) is 0.617. The summed E-state index contributed by atoms with van der Waals surface area (Å²) < 4.78 is 1.69. The highest BCUT2D eigenvalue weighted by atomic mass is 16.2. The van der Waals surface area contributed by atoms with Crippen molar-refractivity contribution < 1.29 is 4.79 Å². The van der Waals surface area contributed by atoms with Crippen LogP contribution in [0, 0.1) is 0 Å². The van der Waals surface area contributed by atoms with Gasteiger partial charge in [-0.1, -0.05) is 63.6 Å². The fourth-order valence-corrected chi connectivity index (χ4v) is 4.38. The summed E-state index contributed by atoms with van der Waals surface area (Å²) in [6, 6.07) is 8.44. The maximum atomic E-state index is 12.7. The Hall–Kier alpha value is -3.03. The van der Waals surface area contributed by atoms with Crippen molar-refractivity contribution in [3.8, 4) is 0 Å². The molecule has 0 radical (unpaired) electrons. The predicted molar refractivity (Wildman–Crippen MR) is 128 cm³/mol. The van der Waals surface area contributed by atoms with Crippen molar-refractivity contribution in [2.75, 3.05) is 13.1 Å². The van der Waals surface area contributed by atoms with Crippen LogP contribution in [0.1, 0.15) is 82.7 Å². The molecule has 1 fully saturated rings. The number of nitrogens with one attached hydrogen (secondary N) is 1. The Morgan fingerprint density at radius 2 is 1.97 bits per heavy atom. The molecule has 2 aromatic heterocycles. The number of amides is 1. The number of piperidine rings is 1. The van der Waals surface area contributed by atoms with Crippen molar-refractivity contribution in [1.82, 2.24) is 29.9 Å². The summed E-state index contributed by atoms with van der Waals surface area (Å²) in [5.41, 5.74) is 2.89. The molecule has 1 aliphatic heterocycles. The van der Waals surface area contributed by atoms with E-state index in [0.29, 0.717) is 31.0 Å². The van der Waals surface area contributed by atoms with E-state index in [0.717, 1.165) is 37.8 Å². The molecule has 1 amide bonds. The Morgan fingerprint density at radius 1 is 1.21 bits per heavy atom.